The van der Waals surface area contributed by atoms with Crippen molar-refractivity contribution < 1.29 is 10.4 Å². The van der Waals surface area contributed by atoms with Crippen molar-refractivity contribution in [1.82, 2.24) is 0 Å². The molecule has 1 saturated heterocycles. The molecule has 0 atom stereocenters. The third-order valence-electron chi connectivity index (χ3n) is 3.32. The van der Waals surface area contributed by atoms with Crippen LogP contribution in [0.3, 0.4) is 0 Å². The van der Waals surface area contributed by atoms with Gasteiger partial charge in [0.25, 0.3) is 0 Å². The molecular weight excluding hydrogens is 268 g/mol. The standard InChI is InChI=1S/C15H14N4O2/c20-16-14-15(17-21)19(13-9-5-2-6-10-13)11-18(14)12-7-3-1-4-8-12/h1-10,20-21H,11H2/b16-14-,17-15+. The van der Waals surface area contributed by atoms with E-state index >= 15 is 0 Å². The maximum Gasteiger partial charge on any atom is 0.220 e. The number of anilines is 2. The highest BCUT2D eigenvalue weighted by molar-refractivity contribution is 6.52. The minimum atomic E-state index is 0.201. The van der Waals surface area contributed by atoms with E-state index in [9.17, 15) is 10.4 Å². The summed E-state index contributed by atoms with van der Waals surface area (Å²) in [6.45, 7) is 0.396. The zero-order valence-corrected chi connectivity index (χ0v) is 11.2. The van der Waals surface area contributed by atoms with Crippen LogP contribution in [0.2, 0.25) is 0 Å². The molecule has 1 fully saturated rings. The Balaban J connectivity index is 2.02. The van der Waals surface area contributed by atoms with Crippen molar-refractivity contribution >= 4 is 23.0 Å². The highest BCUT2D eigenvalue weighted by Crippen LogP contribution is 2.25. The average Bonchev–Trinajstić information content (AvgIpc) is 2.95. The predicted octanol–water partition coefficient (Wildman–Crippen LogP) is 2.55. The van der Waals surface area contributed by atoms with E-state index in [0.717, 1.165) is 11.4 Å². The van der Waals surface area contributed by atoms with Gasteiger partial charge in [0.1, 0.15) is 6.67 Å². The molecule has 106 valence electrons. The van der Waals surface area contributed by atoms with Crippen LogP contribution in [0.4, 0.5) is 11.4 Å². The van der Waals surface area contributed by atoms with Crippen LogP contribution in [0.15, 0.2) is 71.0 Å². The third kappa shape index (κ3) is 2.27. The number of benzene rings is 2. The molecule has 2 N–H and O–H groups in total. The summed E-state index contributed by atoms with van der Waals surface area (Å²) in [6.07, 6.45) is 0. The van der Waals surface area contributed by atoms with E-state index in [1.807, 2.05) is 60.7 Å². The number of oxime groups is 2. The zero-order chi connectivity index (χ0) is 14.7. The molecule has 1 aliphatic rings. The van der Waals surface area contributed by atoms with E-state index < -0.39 is 0 Å². The van der Waals surface area contributed by atoms with Gasteiger partial charge in [0.05, 0.1) is 0 Å². The van der Waals surface area contributed by atoms with E-state index in [2.05, 4.69) is 10.3 Å². The van der Waals surface area contributed by atoms with Gasteiger partial charge < -0.3 is 20.2 Å². The number of rotatable bonds is 2. The molecule has 0 bridgehead atoms. The van der Waals surface area contributed by atoms with Crippen LogP contribution >= 0.6 is 0 Å². The van der Waals surface area contributed by atoms with Crippen molar-refractivity contribution in [2.24, 2.45) is 10.3 Å². The van der Waals surface area contributed by atoms with Gasteiger partial charge in [-0.15, -0.1) is 0 Å². The van der Waals surface area contributed by atoms with Gasteiger partial charge >= 0.3 is 0 Å². The minimum absolute atomic E-state index is 0.201. The summed E-state index contributed by atoms with van der Waals surface area (Å²) < 4.78 is 0. The molecule has 0 amide bonds. The fourth-order valence-electron chi connectivity index (χ4n) is 2.34. The second-order valence-corrected chi connectivity index (χ2v) is 4.52. The summed E-state index contributed by atoms with van der Waals surface area (Å²) in [4.78, 5) is 3.53. The van der Waals surface area contributed by atoms with E-state index in [0.29, 0.717) is 6.67 Å². The maximum absolute atomic E-state index is 9.29. The quantitative estimate of drug-likeness (QED) is 0.656. The lowest BCUT2D eigenvalue weighted by Crippen LogP contribution is -2.27. The monoisotopic (exact) mass is 282 g/mol. The molecule has 21 heavy (non-hydrogen) atoms. The number of hydrogen-bond donors (Lipinski definition) is 2. The van der Waals surface area contributed by atoms with Gasteiger partial charge in [0.2, 0.25) is 11.7 Å². The predicted molar refractivity (Wildman–Crippen MR) is 81.2 cm³/mol. The van der Waals surface area contributed by atoms with Crippen LogP contribution in [-0.4, -0.2) is 28.8 Å². The molecule has 2 aromatic rings. The fourth-order valence-corrected chi connectivity index (χ4v) is 2.34. The normalized spacial score (nSPS) is 18.7. The summed E-state index contributed by atoms with van der Waals surface area (Å²) in [5.41, 5.74) is 1.70. The molecule has 6 nitrogen and oxygen atoms in total. The Morgan fingerprint density at radius 1 is 0.667 bits per heavy atom. The third-order valence-corrected chi connectivity index (χ3v) is 3.32. The molecule has 0 aromatic heterocycles. The first kappa shape index (κ1) is 13.0. The van der Waals surface area contributed by atoms with Crippen LogP contribution in [-0.2, 0) is 0 Å². The number of amidine groups is 2. The number of hydrogen-bond acceptors (Lipinski definition) is 4. The first-order valence-electron chi connectivity index (χ1n) is 6.45. The molecule has 3 rings (SSSR count). The van der Waals surface area contributed by atoms with Crippen molar-refractivity contribution in [3.8, 4) is 0 Å². The van der Waals surface area contributed by atoms with E-state index in [-0.39, 0.29) is 11.7 Å². The van der Waals surface area contributed by atoms with Gasteiger partial charge in [-0.3, -0.25) is 0 Å². The molecule has 0 saturated carbocycles. The smallest absolute Gasteiger partial charge is 0.220 e. The summed E-state index contributed by atoms with van der Waals surface area (Å²) >= 11 is 0. The summed E-state index contributed by atoms with van der Waals surface area (Å²) in [6, 6.07) is 19.0. The summed E-state index contributed by atoms with van der Waals surface area (Å²) in [7, 11) is 0. The lowest BCUT2D eigenvalue weighted by molar-refractivity contribution is 0.314. The number of nitrogens with zero attached hydrogens (tertiary/aromatic N) is 4. The Morgan fingerprint density at radius 3 is 1.38 bits per heavy atom. The Labute approximate surface area is 121 Å². The lowest BCUT2D eigenvalue weighted by atomic mass is 10.3. The first-order chi connectivity index (χ1) is 10.3. The molecule has 0 radical (unpaired) electrons. The van der Waals surface area contributed by atoms with Crippen LogP contribution in [0.1, 0.15) is 0 Å². The topological polar surface area (TPSA) is 71.7 Å². The van der Waals surface area contributed by atoms with E-state index in [4.69, 9.17) is 0 Å². The Kier molecular flexibility index (Phi) is 3.42. The maximum atomic E-state index is 9.29. The van der Waals surface area contributed by atoms with Gasteiger partial charge in [0, 0.05) is 11.4 Å². The first-order valence-corrected chi connectivity index (χ1v) is 6.45. The van der Waals surface area contributed by atoms with Crippen LogP contribution < -0.4 is 9.80 Å². The Morgan fingerprint density at radius 2 is 1.05 bits per heavy atom. The highest BCUT2D eigenvalue weighted by Gasteiger charge is 2.35. The zero-order valence-electron chi connectivity index (χ0n) is 11.2. The van der Waals surface area contributed by atoms with Crippen molar-refractivity contribution in [2.75, 3.05) is 16.5 Å². The number of para-hydroxylation sites is 2. The molecule has 1 heterocycles. The van der Waals surface area contributed by atoms with Crippen LogP contribution in [0, 0.1) is 0 Å². The molecule has 2 aromatic carbocycles. The highest BCUT2D eigenvalue weighted by atomic mass is 16.4. The molecular formula is C15H14N4O2. The fraction of sp³-hybridized carbons (Fsp3) is 0.0667. The van der Waals surface area contributed by atoms with Gasteiger partial charge in [-0.25, -0.2) is 0 Å². The van der Waals surface area contributed by atoms with Crippen molar-refractivity contribution in [1.29, 1.82) is 0 Å². The summed E-state index contributed by atoms with van der Waals surface area (Å²) in [5, 5.41) is 25.2. The SMILES string of the molecule is O/N=C1/C(=N\O)N(c2ccccc2)CN1c1ccccc1. The van der Waals surface area contributed by atoms with Crippen molar-refractivity contribution in [3.63, 3.8) is 0 Å². The molecule has 0 spiro atoms. The van der Waals surface area contributed by atoms with Gasteiger partial charge in [-0.2, -0.15) is 0 Å². The Bertz CT molecular complexity index is 611. The molecule has 0 unspecified atom stereocenters. The van der Waals surface area contributed by atoms with Gasteiger partial charge in [0.15, 0.2) is 0 Å². The second kappa shape index (κ2) is 5.54. The molecule has 1 aliphatic heterocycles. The largest absolute Gasteiger partial charge is 0.409 e. The van der Waals surface area contributed by atoms with E-state index in [1.54, 1.807) is 9.80 Å². The summed E-state index contributed by atoms with van der Waals surface area (Å²) in [5.74, 6) is 0.403. The van der Waals surface area contributed by atoms with Gasteiger partial charge in [-0.1, -0.05) is 46.7 Å². The van der Waals surface area contributed by atoms with Crippen molar-refractivity contribution in [3.05, 3.63) is 60.7 Å². The lowest BCUT2D eigenvalue weighted by Gasteiger charge is -2.19. The van der Waals surface area contributed by atoms with Gasteiger partial charge in [-0.05, 0) is 24.3 Å². The van der Waals surface area contributed by atoms with Crippen LogP contribution in [0.5, 0.6) is 0 Å². The average molecular weight is 282 g/mol. The van der Waals surface area contributed by atoms with Crippen molar-refractivity contribution in [2.45, 2.75) is 0 Å². The molecule has 6 heteroatoms. The molecule has 0 aliphatic carbocycles. The minimum Gasteiger partial charge on any atom is -0.409 e. The Hall–Kier alpha value is -3.02. The second-order valence-electron chi connectivity index (χ2n) is 4.52. The van der Waals surface area contributed by atoms with E-state index in [1.165, 1.54) is 0 Å². The van der Waals surface area contributed by atoms with Crippen LogP contribution in [0.25, 0.3) is 0 Å².